The van der Waals surface area contributed by atoms with Crippen LogP contribution in [-0.4, -0.2) is 35.0 Å². The zero-order valence-electron chi connectivity index (χ0n) is 4.76. The van der Waals surface area contributed by atoms with Crippen LogP contribution >= 0.6 is 0 Å². The number of carboxylic acid groups (broad SMARTS) is 1. The summed E-state index contributed by atoms with van der Waals surface area (Å²) >= 11 is 0. The summed E-state index contributed by atoms with van der Waals surface area (Å²) in [5.74, 6) is -1.91. The topological polar surface area (TPSA) is 107 Å². The number of hydrogen-bond donors (Lipinski definition) is 2. The Kier molecular flexibility index (Phi) is 3.37. The van der Waals surface area contributed by atoms with Crippen molar-refractivity contribution in [1.29, 1.82) is 0 Å². The highest BCUT2D eigenvalue weighted by Gasteiger charge is 2.17. The van der Waals surface area contributed by atoms with Crippen molar-refractivity contribution >= 4 is 12.4 Å². The molecule has 0 heterocycles. The third-order valence-electron chi connectivity index (χ3n) is 0.707. The lowest BCUT2D eigenvalue weighted by Crippen LogP contribution is -2.44. The predicted octanol–water partition coefficient (Wildman–Crippen LogP) is -3.41. The van der Waals surface area contributed by atoms with E-state index >= 15 is 0 Å². The molecule has 0 spiro atoms. The van der Waals surface area contributed by atoms with Crippen molar-refractivity contribution in [2.45, 2.75) is 12.4 Å². The van der Waals surface area contributed by atoms with Crippen LogP contribution in [-0.2, 0) is 14.3 Å². The lowest BCUT2D eigenvalue weighted by Gasteiger charge is -2.15. The molecule has 0 amide bonds. The Bertz CT molecular complexity index is 132. The summed E-state index contributed by atoms with van der Waals surface area (Å²) in [5.41, 5.74) is 0. The van der Waals surface area contributed by atoms with Crippen LogP contribution in [0.5, 0.6) is 0 Å². The molecule has 0 bridgehead atoms. The molecule has 0 aromatic heterocycles. The number of ether oxygens (including phenoxy) is 1. The first-order chi connectivity index (χ1) is 4.59. The lowest BCUT2D eigenvalue weighted by molar-refractivity contribution is -0.323. The van der Waals surface area contributed by atoms with Gasteiger partial charge in [-0.1, -0.05) is 0 Å². The average Bonchev–Trinajstić information content (AvgIpc) is 1.87. The van der Waals surface area contributed by atoms with E-state index in [0.717, 1.165) is 0 Å². The average molecular weight is 149 g/mol. The van der Waals surface area contributed by atoms with Crippen LogP contribution in [0.3, 0.4) is 0 Å². The Labute approximate surface area is 55.7 Å². The highest BCUT2D eigenvalue weighted by Crippen LogP contribution is 1.91. The molecular weight excluding hydrogens is 144 g/mol. The van der Waals surface area contributed by atoms with E-state index < -0.39 is 18.4 Å². The van der Waals surface area contributed by atoms with Crippen LogP contribution < -0.4 is 5.11 Å². The van der Waals surface area contributed by atoms with E-state index in [1.807, 2.05) is 0 Å². The number of carbonyl (C=O) groups is 2. The van der Waals surface area contributed by atoms with Crippen LogP contribution in [0, 0.1) is 0 Å². The molecule has 6 heteroatoms. The van der Waals surface area contributed by atoms with Crippen LogP contribution in [0.2, 0.25) is 0 Å². The summed E-state index contributed by atoms with van der Waals surface area (Å²) in [6, 6.07) is 0. The molecule has 0 aromatic carbocycles. The summed E-state index contributed by atoms with van der Waals surface area (Å²) in [6.45, 7) is -0.184. The van der Waals surface area contributed by atoms with Gasteiger partial charge in [0.25, 0.3) is 6.47 Å². The van der Waals surface area contributed by atoms with Crippen molar-refractivity contribution in [2.75, 3.05) is 0 Å². The minimum Gasteiger partial charge on any atom is -0.547 e. The number of rotatable bonds is 4. The largest absolute Gasteiger partial charge is 0.547 e. The third-order valence-corrected chi connectivity index (χ3v) is 0.707. The van der Waals surface area contributed by atoms with Crippen molar-refractivity contribution < 1.29 is 29.6 Å². The van der Waals surface area contributed by atoms with Crippen molar-refractivity contribution in [3.8, 4) is 0 Å². The van der Waals surface area contributed by atoms with Gasteiger partial charge in [0, 0.05) is 0 Å². The fraction of sp³-hybridized carbons (Fsp3) is 0.500. The summed E-state index contributed by atoms with van der Waals surface area (Å²) in [7, 11) is 0. The van der Waals surface area contributed by atoms with Gasteiger partial charge in [-0.25, -0.2) is 0 Å². The van der Waals surface area contributed by atoms with Crippen LogP contribution in [0.15, 0.2) is 0 Å². The van der Waals surface area contributed by atoms with E-state index in [4.69, 9.17) is 10.2 Å². The van der Waals surface area contributed by atoms with E-state index in [1.54, 1.807) is 0 Å². The van der Waals surface area contributed by atoms with Gasteiger partial charge in [-0.05, 0) is 0 Å². The van der Waals surface area contributed by atoms with Crippen LogP contribution in [0.25, 0.3) is 0 Å². The lowest BCUT2D eigenvalue weighted by atomic mass is 10.3. The van der Waals surface area contributed by atoms with Crippen molar-refractivity contribution in [2.24, 2.45) is 0 Å². The maximum Gasteiger partial charge on any atom is 0.295 e. The molecule has 0 aliphatic carbocycles. The second-order valence-electron chi connectivity index (χ2n) is 1.39. The van der Waals surface area contributed by atoms with Gasteiger partial charge in [0.15, 0.2) is 6.10 Å². The van der Waals surface area contributed by atoms with Crippen LogP contribution in [0.4, 0.5) is 0 Å². The quantitative estimate of drug-likeness (QED) is 0.318. The second kappa shape index (κ2) is 3.80. The standard InChI is InChI=1S/C4H6O6/c5-1-10-4(9)2(6)3(7)8/h1-2,4,6,9H,(H,7,8)/p-1/t2-,4-/m0/s1. The molecule has 0 aliphatic rings. The predicted molar refractivity (Wildman–Crippen MR) is 24.2 cm³/mol. The molecule has 58 valence electrons. The molecule has 10 heavy (non-hydrogen) atoms. The zero-order valence-corrected chi connectivity index (χ0v) is 4.76. The fourth-order valence-corrected chi connectivity index (χ4v) is 0.248. The minimum atomic E-state index is -2.20. The van der Waals surface area contributed by atoms with Crippen molar-refractivity contribution in [3.63, 3.8) is 0 Å². The Morgan fingerprint density at radius 2 is 2.10 bits per heavy atom. The van der Waals surface area contributed by atoms with E-state index in [1.165, 1.54) is 0 Å². The third kappa shape index (κ3) is 2.42. The van der Waals surface area contributed by atoms with Crippen LogP contribution in [0.1, 0.15) is 0 Å². The molecule has 0 aromatic rings. The second-order valence-corrected chi connectivity index (χ2v) is 1.39. The Morgan fingerprint density at radius 1 is 1.60 bits per heavy atom. The normalized spacial score (nSPS) is 15.4. The highest BCUT2D eigenvalue weighted by molar-refractivity contribution is 5.70. The minimum absolute atomic E-state index is 0.184. The van der Waals surface area contributed by atoms with Gasteiger partial charge < -0.3 is 24.9 Å². The van der Waals surface area contributed by atoms with Crippen molar-refractivity contribution in [3.05, 3.63) is 0 Å². The SMILES string of the molecule is O=CO[C@H](O)[C@@H](O)C(=O)[O-]. The van der Waals surface area contributed by atoms with Gasteiger partial charge in [-0.2, -0.15) is 0 Å². The van der Waals surface area contributed by atoms with Crippen molar-refractivity contribution in [1.82, 2.24) is 0 Å². The smallest absolute Gasteiger partial charge is 0.295 e. The molecule has 2 N–H and O–H groups in total. The molecule has 6 nitrogen and oxygen atoms in total. The molecular formula is C4H5O6-. The molecule has 0 fully saturated rings. The van der Waals surface area contributed by atoms with Gasteiger partial charge in [-0.3, -0.25) is 4.79 Å². The number of aliphatic carboxylic acids is 1. The zero-order chi connectivity index (χ0) is 8.15. The maximum absolute atomic E-state index is 9.70. The summed E-state index contributed by atoms with van der Waals surface area (Å²) < 4.78 is 3.67. The van der Waals surface area contributed by atoms with E-state index in [0.29, 0.717) is 0 Å². The molecule has 0 rings (SSSR count). The maximum atomic E-state index is 9.70. The number of aliphatic hydroxyl groups excluding tert-OH is 2. The number of carbonyl (C=O) groups excluding carboxylic acids is 2. The monoisotopic (exact) mass is 149 g/mol. The summed E-state index contributed by atoms with van der Waals surface area (Å²) in [6.07, 6.45) is -4.27. The molecule has 0 saturated heterocycles. The van der Waals surface area contributed by atoms with E-state index in [2.05, 4.69) is 4.74 Å². The fourth-order valence-electron chi connectivity index (χ4n) is 0.248. The molecule has 0 aliphatic heterocycles. The number of hydrogen-bond acceptors (Lipinski definition) is 6. The van der Waals surface area contributed by atoms with E-state index in [-0.39, 0.29) is 6.47 Å². The molecule has 2 atom stereocenters. The molecule has 0 unspecified atom stereocenters. The summed E-state index contributed by atoms with van der Waals surface area (Å²) in [4.78, 5) is 19.1. The van der Waals surface area contributed by atoms with Gasteiger partial charge in [0.2, 0.25) is 6.29 Å². The van der Waals surface area contributed by atoms with Gasteiger partial charge >= 0.3 is 0 Å². The Balaban J connectivity index is 3.80. The first kappa shape index (κ1) is 8.86. The van der Waals surface area contributed by atoms with Gasteiger partial charge in [0.1, 0.15) is 0 Å². The number of carboxylic acids is 1. The first-order valence-corrected chi connectivity index (χ1v) is 2.25. The Morgan fingerprint density at radius 3 is 2.40 bits per heavy atom. The summed E-state index contributed by atoms with van der Waals surface area (Å²) in [5, 5.41) is 26.4. The molecule has 0 saturated carbocycles. The van der Waals surface area contributed by atoms with Gasteiger partial charge in [0.05, 0.1) is 5.97 Å². The highest BCUT2D eigenvalue weighted by atomic mass is 16.6. The number of aliphatic hydroxyl groups is 2. The Hall–Kier alpha value is -1.14. The van der Waals surface area contributed by atoms with Gasteiger partial charge in [-0.15, -0.1) is 0 Å². The first-order valence-electron chi connectivity index (χ1n) is 2.25. The molecule has 0 radical (unpaired) electrons. The van der Waals surface area contributed by atoms with E-state index in [9.17, 15) is 14.7 Å².